The zero-order valence-corrected chi connectivity index (χ0v) is 13.1. The fourth-order valence-electron chi connectivity index (χ4n) is 2.80. The summed E-state index contributed by atoms with van der Waals surface area (Å²) in [5.74, 6) is -1.88. The van der Waals surface area contributed by atoms with E-state index in [1.807, 2.05) is 30.3 Å². The largest absolute Gasteiger partial charge is 0.384 e. The first kappa shape index (κ1) is 15.1. The lowest BCUT2D eigenvalue weighted by atomic mass is 10.2. The fraction of sp³-hybridized carbons (Fsp3) is 0.167. The maximum atomic E-state index is 12.4. The van der Waals surface area contributed by atoms with Crippen molar-refractivity contribution in [2.75, 3.05) is 0 Å². The van der Waals surface area contributed by atoms with E-state index in [1.165, 1.54) is 0 Å². The van der Waals surface area contributed by atoms with Crippen LogP contribution in [0.3, 0.4) is 0 Å². The molecule has 0 spiro atoms. The lowest BCUT2D eigenvalue weighted by molar-refractivity contribution is -0.172. The van der Waals surface area contributed by atoms with Crippen molar-refractivity contribution in [3.63, 3.8) is 0 Å². The van der Waals surface area contributed by atoms with E-state index in [4.69, 9.17) is 4.84 Å². The van der Waals surface area contributed by atoms with Gasteiger partial charge in [-0.3, -0.25) is 14.3 Å². The number of hydrogen-bond donors (Lipinski definition) is 0. The highest BCUT2D eigenvalue weighted by Crippen LogP contribution is 2.24. The van der Waals surface area contributed by atoms with Gasteiger partial charge in [0.15, 0.2) is 5.69 Å². The molecule has 1 aliphatic carbocycles. The first-order valence-electron chi connectivity index (χ1n) is 7.79. The predicted molar refractivity (Wildman–Crippen MR) is 86.7 cm³/mol. The molecule has 0 radical (unpaired) electrons. The lowest BCUT2D eigenvalue weighted by Gasteiger charge is -2.11. The number of hydrogen-bond acceptors (Lipinski definition) is 5. The molecule has 25 heavy (non-hydrogen) atoms. The molecule has 0 atom stereocenters. The van der Waals surface area contributed by atoms with Gasteiger partial charge in [0.1, 0.15) is 0 Å². The number of carbonyl (C=O) groups excluding carboxylic acids is 3. The summed E-state index contributed by atoms with van der Waals surface area (Å²) in [5, 5.41) is 4.83. The smallest absolute Gasteiger partial charge is 0.323 e. The number of carbonyl (C=O) groups is 3. The average molecular weight is 335 g/mol. The van der Waals surface area contributed by atoms with E-state index in [0.717, 1.165) is 11.3 Å². The molecule has 7 nitrogen and oxygen atoms in total. The van der Waals surface area contributed by atoms with Crippen molar-refractivity contribution in [2.45, 2.75) is 19.4 Å². The van der Waals surface area contributed by atoms with Gasteiger partial charge in [0.2, 0.25) is 0 Å². The quantitative estimate of drug-likeness (QED) is 0.536. The molecule has 124 valence electrons. The monoisotopic (exact) mass is 335 g/mol. The minimum atomic E-state index is -0.833. The van der Waals surface area contributed by atoms with Crippen LogP contribution in [0.15, 0.2) is 36.1 Å². The highest BCUT2D eigenvalue weighted by Gasteiger charge is 2.35. The van der Waals surface area contributed by atoms with Crippen LogP contribution in [0, 0.1) is 0 Å². The summed E-state index contributed by atoms with van der Waals surface area (Å²) in [6.07, 6.45) is 3.46. The maximum absolute atomic E-state index is 12.4. The Bertz CT molecular complexity index is 936. The van der Waals surface area contributed by atoms with E-state index in [1.54, 1.807) is 16.8 Å². The Morgan fingerprint density at radius 3 is 2.56 bits per heavy atom. The summed E-state index contributed by atoms with van der Waals surface area (Å²) in [7, 11) is 0. The SMILES string of the molecule is O=C(ON1C(=O)CCC1=O)c1nn(Cc2ccccc2)c2c1C=C=C2. The predicted octanol–water partition coefficient (Wildman–Crippen LogP) is 1.79. The summed E-state index contributed by atoms with van der Waals surface area (Å²) in [4.78, 5) is 40.6. The highest BCUT2D eigenvalue weighted by atomic mass is 16.7. The Labute approximate surface area is 142 Å². The van der Waals surface area contributed by atoms with Crippen LogP contribution in [-0.4, -0.2) is 32.6 Å². The molecule has 2 aromatic rings. The molecule has 1 aromatic carbocycles. The second-order valence-electron chi connectivity index (χ2n) is 5.71. The van der Waals surface area contributed by atoms with Crippen molar-refractivity contribution in [3.05, 3.63) is 58.6 Å². The van der Waals surface area contributed by atoms with E-state index >= 15 is 0 Å². The molecule has 0 bridgehead atoms. The Morgan fingerprint density at radius 2 is 1.84 bits per heavy atom. The van der Waals surface area contributed by atoms with Gasteiger partial charge < -0.3 is 4.84 Å². The molecule has 2 amide bonds. The Hall–Kier alpha value is -3.44. The van der Waals surface area contributed by atoms with E-state index in [9.17, 15) is 14.4 Å². The second-order valence-corrected chi connectivity index (χ2v) is 5.71. The number of rotatable bonds is 4. The third kappa shape index (κ3) is 2.66. The van der Waals surface area contributed by atoms with Crippen molar-refractivity contribution in [3.8, 4) is 0 Å². The first-order valence-corrected chi connectivity index (χ1v) is 7.79. The molecule has 1 saturated heterocycles. The summed E-state index contributed by atoms with van der Waals surface area (Å²) >= 11 is 0. The van der Waals surface area contributed by atoms with E-state index in [0.29, 0.717) is 17.2 Å². The molecule has 0 N–H and O–H groups in total. The number of aromatic nitrogens is 2. The van der Waals surface area contributed by atoms with Crippen LogP contribution in [0.5, 0.6) is 0 Å². The van der Waals surface area contributed by atoms with Gasteiger partial charge in [0.05, 0.1) is 12.2 Å². The zero-order valence-electron chi connectivity index (χ0n) is 13.1. The molecule has 2 heterocycles. The van der Waals surface area contributed by atoms with Crippen molar-refractivity contribution in [1.29, 1.82) is 0 Å². The van der Waals surface area contributed by atoms with Gasteiger partial charge in [0.25, 0.3) is 11.8 Å². The van der Waals surface area contributed by atoms with Gasteiger partial charge in [-0.2, -0.15) is 5.10 Å². The molecule has 0 unspecified atom stereocenters. The van der Waals surface area contributed by atoms with Gasteiger partial charge in [-0.1, -0.05) is 30.3 Å². The van der Waals surface area contributed by atoms with Crippen molar-refractivity contribution >= 4 is 29.9 Å². The van der Waals surface area contributed by atoms with Crippen molar-refractivity contribution in [2.24, 2.45) is 0 Å². The second kappa shape index (κ2) is 5.89. The topological polar surface area (TPSA) is 81.5 Å². The van der Waals surface area contributed by atoms with Gasteiger partial charge in [-0.25, -0.2) is 4.79 Å². The Balaban J connectivity index is 1.61. The number of benzene rings is 1. The number of nitrogens with zero attached hydrogens (tertiary/aromatic N) is 3. The minimum absolute atomic E-state index is 0.0497. The molecule has 1 aliphatic heterocycles. The fourth-order valence-corrected chi connectivity index (χ4v) is 2.80. The van der Waals surface area contributed by atoms with Crippen LogP contribution >= 0.6 is 0 Å². The van der Waals surface area contributed by atoms with Crippen molar-refractivity contribution in [1.82, 2.24) is 14.8 Å². The third-order valence-electron chi connectivity index (χ3n) is 4.03. The molecule has 0 saturated carbocycles. The van der Waals surface area contributed by atoms with Crippen molar-refractivity contribution < 1.29 is 19.2 Å². The molecule has 4 rings (SSSR count). The zero-order chi connectivity index (χ0) is 17.4. The standard InChI is InChI=1S/C18H13N3O4/c22-15-9-10-16(23)21(15)25-18(24)17-13-7-4-8-14(13)20(19-17)11-12-5-2-1-3-6-12/h1-3,5-8H,9-11H2. The molecular formula is C18H13N3O4. The molecule has 2 aliphatic rings. The van der Waals surface area contributed by atoms with Crippen LogP contribution in [-0.2, 0) is 21.0 Å². The lowest BCUT2D eigenvalue weighted by Crippen LogP contribution is -2.32. The van der Waals surface area contributed by atoms with E-state index in [2.05, 4.69) is 10.8 Å². The number of fused-ring (bicyclic) bond motifs is 1. The van der Waals surface area contributed by atoms with E-state index in [-0.39, 0.29) is 18.5 Å². The van der Waals surface area contributed by atoms with Crippen LogP contribution in [0.25, 0.3) is 12.2 Å². The molecule has 7 heteroatoms. The van der Waals surface area contributed by atoms with Crippen LogP contribution in [0.4, 0.5) is 0 Å². The Morgan fingerprint density at radius 1 is 1.12 bits per heavy atom. The first-order chi connectivity index (χ1) is 12.1. The summed E-state index contributed by atoms with van der Waals surface area (Å²) in [6.45, 7) is 0.476. The number of amides is 2. The van der Waals surface area contributed by atoms with Crippen LogP contribution in [0.1, 0.15) is 40.2 Å². The summed E-state index contributed by atoms with van der Waals surface area (Å²) < 4.78 is 1.67. The molecular weight excluding hydrogens is 322 g/mol. The van der Waals surface area contributed by atoms with Gasteiger partial charge in [-0.05, 0) is 11.6 Å². The summed E-state index contributed by atoms with van der Waals surface area (Å²) in [5.41, 5.74) is 5.32. The molecule has 1 aromatic heterocycles. The number of imide groups is 1. The minimum Gasteiger partial charge on any atom is -0.323 e. The normalized spacial score (nSPS) is 15.1. The Kier molecular flexibility index (Phi) is 3.56. The van der Waals surface area contributed by atoms with Gasteiger partial charge in [0, 0.05) is 24.5 Å². The van der Waals surface area contributed by atoms with Crippen LogP contribution in [0.2, 0.25) is 0 Å². The average Bonchev–Trinajstić information content (AvgIpc) is 3.29. The summed E-state index contributed by atoms with van der Waals surface area (Å²) in [6, 6.07) is 9.69. The maximum Gasteiger partial charge on any atom is 0.384 e. The third-order valence-corrected chi connectivity index (χ3v) is 4.03. The number of hydroxylamine groups is 2. The van der Waals surface area contributed by atoms with E-state index < -0.39 is 17.8 Å². The van der Waals surface area contributed by atoms with Crippen LogP contribution < -0.4 is 0 Å². The molecule has 1 fully saturated rings. The van der Waals surface area contributed by atoms with Gasteiger partial charge in [-0.15, -0.1) is 10.8 Å². The van der Waals surface area contributed by atoms with Gasteiger partial charge >= 0.3 is 5.97 Å². The highest BCUT2D eigenvalue weighted by molar-refractivity contribution is 6.03.